The van der Waals surface area contributed by atoms with Crippen molar-refractivity contribution in [2.24, 2.45) is 0 Å². The van der Waals surface area contributed by atoms with E-state index < -0.39 is 0 Å². The average molecular weight is 357 g/mol. The summed E-state index contributed by atoms with van der Waals surface area (Å²) in [7, 11) is 0. The summed E-state index contributed by atoms with van der Waals surface area (Å²) in [5.41, 5.74) is 0.648. The molecule has 2 N–H and O–H groups in total. The second kappa shape index (κ2) is 7.28. The molecule has 0 radical (unpaired) electrons. The number of piperidine rings is 1. The zero-order valence-corrected chi connectivity index (χ0v) is 14.6. The quantitative estimate of drug-likeness (QED) is 0.782. The Bertz CT molecular complexity index is 803. The lowest BCUT2D eigenvalue weighted by Gasteiger charge is -2.36. The summed E-state index contributed by atoms with van der Waals surface area (Å²) in [6.07, 6.45) is 5.01. The molecule has 0 aromatic carbocycles. The van der Waals surface area contributed by atoms with E-state index in [1.165, 1.54) is 0 Å². The van der Waals surface area contributed by atoms with Gasteiger partial charge in [-0.05, 0) is 18.9 Å². The number of anilines is 3. The highest BCUT2D eigenvalue weighted by Gasteiger charge is 2.22. The van der Waals surface area contributed by atoms with Gasteiger partial charge in [0.05, 0.1) is 18.0 Å². The molecule has 0 aliphatic carbocycles. The second-order valence-corrected chi connectivity index (χ2v) is 6.73. The minimum absolute atomic E-state index is 0.190. The van der Waals surface area contributed by atoms with Crippen LogP contribution in [-0.2, 0) is 0 Å². The Kier molecular flexibility index (Phi) is 4.70. The number of nitrogens with one attached hydrogen (secondary N) is 1. The third-order valence-corrected chi connectivity index (χ3v) is 4.93. The normalized spacial score (nSPS) is 21.1. The van der Waals surface area contributed by atoms with Gasteiger partial charge in [0.1, 0.15) is 5.82 Å². The minimum Gasteiger partial charge on any atom is -0.391 e. The van der Waals surface area contributed by atoms with Crippen LogP contribution in [0.4, 0.5) is 17.5 Å². The lowest BCUT2D eigenvalue weighted by Crippen LogP contribution is -2.47. The van der Waals surface area contributed by atoms with Crippen molar-refractivity contribution in [1.82, 2.24) is 20.2 Å². The van der Waals surface area contributed by atoms with E-state index in [4.69, 9.17) is 4.98 Å². The van der Waals surface area contributed by atoms with Gasteiger partial charge in [-0.15, -0.1) is 0 Å². The van der Waals surface area contributed by atoms with Gasteiger partial charge >= 0.3 is 0 Å². The number of aromatic amines is 1. The molecule has 2 aromatic rings. The third kappa shape index (κ3) is 3.62. The molecule has 138 valence electrons. The Labute approximate surface area is 151 Å². The highest BCUT2D eigenvalue weighted by atomic mass is 16.3. The van der Waals surface area contributed by atoms with Crippen LogP contribution in [0.2, 0.25) is 0 Å². The summed E-state index contributed by atoms with van der Waals surface area (Å²) >= 11 is 0. The first kappa shape index (κ1) is 16.8. The van der Waals surface area contributed by atoms with Crippen molar-refractivity contribution in [2.75, 3.05) is 54.0 Å². The standard InChI is InChI=1S/C17H23N7O2/c25-14-2-1-5-24(12-14)15-3-4-18-17(20-15)23-8-6-22(7-9-23)13-10-16(26)21-19-11-13/h3-4,10-11,14,25H,1-2,5-9,12H2,(H,21,26). The fraction of sp³-hybridized carbons (Fsp3) is 0.529. The number of hydrogen-bond donors (Lipinski definition) is 2. The van der Waals surface area contributed by atoms with E-state index in [2.05, 4.69) is 29.9 Å². The highest BCUT2D eigenvalue weighted by Crippen LogP contribution is 2.21. The molecule has 0 bridgehead atoms. The topological polar surface area (TPSA) is 101 Å². The Morgan fingerprint density at radius 1 is 1.12 bits per heavy atom. The SMILES string of the molecule is O=c1cc(N2CCN(c3nccc(N4CCCC(O)C4)n3)CC2)cn[nH]1. The van der Waals surface area contributed by atoms with E-state index in [9.17, 15) is 9.90 Å². The molecule has 2 saturated heterocycles. The van der Waals surface area contributed by atoms with Crippen molar-refractivity contribution in [1.29, 1.82) is 0 Å². The van der Waals surface area contributed by atoms with Crippen molar-refractivity contribution in [3.63, 3.8) is 0 Å². The van der Waals surface area contributed by atoms with E-state index in [0.29, 0.717) is 12.5 Å². The summed E-state index contributed by atoms with van der Waals surface area (Å²) in [5, 5.41) is 16.1. The molecule has 2 aliphatic heterocycles. The van der Waals surface area contributed by atoms with Crippen molar-refractivity contribution in [3.8, 4) is 0 Å². The molecule has 9 nitrogen and oxygen atoms in total. The number of nitrogens with zero attached hydrogens (tertiary/aromatic N) is 6. The van der Waals surface area contributed by atoms with Crippen molar-refractivity contribution >= 4 is 17.5 Å². The number of aliphatic hydroxyl groups excluding tert-OH is 1. The van der Waals surface area contributed by atoms with Gasteiger partial charge in [0.25, 0.3) is 5.56 Å². The van der Waals surface area contributed by atoms with E-state index in [-0.39, 0.29) is 11.7 Å². The van der Waals surface area contributed by atoms with E-state index in [1.54, 1.807) is 18.5 Å². The van der Waals surface area contributed by atoms with E-state index in [1.807, 2.05) is 6.07 Å². The summed E-state index contributed by atoms with van der Waals surface area (Å²) in [5.74, 6) is 1.58. The number of hydrogen-bond acceptors (Lipinski definition) is 8. The van der Waals surface area contributed by atoms with Gasteiger partial charge in [-0.25, -0.2) is 10.1 Å². The van der Waals surface area contributed by atoms with Gasteiger partial charge in [-0.3, -0.25) is 4.79 Å². The molecule has 1 unspecified atom stereocenters. The van der Waals surface area contributed by atoms with E-state index >= 15 is 0 Å². The number of rotatable bonds is 3. The fourth-order valence-corrected chi connectivity index (χ4v) is 3.53. The van der Waals surface area contributed by atoms with Crippen molar-refractivity contribution in [2.45, 2.75) is 18.9 Å². The smallest absolute Gasteiger partial charge is 0.266 e. The first-order valence-electron chi connectivity index (χ1n) is 9.00. The van der Waals surface area contributed by atoms with Crippen LogP contribution in [0.5, 0.6) is 0 Å². The molecule has 0 spiro atoms. The molecule has 4 rings (SSSR count). The molecule has 0 saturated carbocycles. The molecular formula is C17H23N7O2. The van der Waals surface area contributed by atoms with Gasteiger partial charge < -0.3 is 19.8 Å². The predicted molar refractivity (Wildman–Crippen MR) is 98.8 cm³/mol. The number of piperazine rings is 1. The molecular weight excluding hydrogens is 334 g/mol. The maximum atomic E-state index is 11.4. The minimum atomic E-state index is -0.284. The van der Waals surface area contributed by atoms with Crippen LogP contribution in [0.1, 0.15) is 12.8 Å². The monoisotopic (exact) mass is 357 g/mol. The lowest BCUT2D eigenvalue weighted by atomic mass is 10.1. The summed E-state index contributed by atoms with van der Waals surface area (Å²) in [6, 6.07) is 3.47. The predicted octanol–water partition coefficient (Wildman–Crippen LogP) is -0.152. The van der Waals surface area contributed by atoms with Crippen LogP contribution in [0.3, 0.4) is 0 Å². The molecule has 2 aromatic heterocycles. The van der Waals surface area contributed by atoms with Crippen molar-refractivity contribution < 1.29 is 5.11 Å². The molecule has 4 heterocycles. The maximum Gasteiger partial charge on any atom is 0.266 e. The molecule has 2 fully saturated rings. The Morgan fingerprint density at radius 3 is 2.69 bits per heavy atom. The van der Waals surface area contributed by atoms with Gasteiger partial charge in [-0.1, -0.05) is 0 Å². The van der Waals surface area contributed by atoms with Crippen LogP contribution in [0, 0.1) is 0 Å². The largest absolute Gasteiger partial charge is 0.391 e. The zero-order valence-electron chi connectivity index (χ0n) is 14.6. The van der Waals surface area contributed by atoms with Crippen molar-refractivity contribution in [3.05, 3.63) is 34.9 Å². The highest BCUT2D eigenvalue weighted by molar-refractivity contribution is 5.48. The van der Waals surface area contributed by atoms with Crippen LogP contribution < -0.4 is 20.3 Å². The zero-order chi connectivity index (χ0) is 17.9. The number of β-amino-alcohol motifs (C(OH)–C–C–N with tert-alkyl or cyclic N) is 1. The van der Waals surface area contributed by atoms with Gasteiger partial charge in [-0.2, -0.15) is 10.1 Å². The van der Waals surface area contributed by atoms with E-state index in [0.717, 1.165) is 57.1 Å². The first-order chi connectivity index (χ1) is 12.7. The molecule has 2 aliphatic rings. The fourth-order valence-electron chi connectivity index (χ4n) is 3.53. The van der Waals surface area contributed by atoms with Crippen LogP contribution in [0.15, 0.2) is 29.3 Å². The molecule has 9 heteroatoms. The molecule has 0 amide bonds. The maximum absolute atomic E-state index is 11.4. The second-order valence-electron chi connectivity index (χ2n) is 6.73. The Morgan fingerprint density at radius 2 is 1.92 bits per heavy atom. The number of aromatic nitrogens is 4. The third-order valence-electron chi connectivity index (χ3n) is 4.93. The summed E-state index contributed by atoms with van der Waals surface area (Å²) in [6.45, 7) is 4.65. The Hall–Kier alpha value is -2.68. The van der Waals surface area contributed by atoms with Gasteiger partial charge in [0.15, 0.2) is 0 Å². The van der Waals surface area contributed by atoms with Gasteiger partial charge in [0.2, 0.25) is 5.95 Å². The number of H-pyrrole nitrogens is 1. The van der Waals surface area contributed by atoms with Crippen LogP contribution in [0.25, 0.3) is 0 Å². The van der Waals surface area contributed by atoms with Crippen LogP contribution in [-0.4, -0.2) is 70.6 Å². The summed E-state index contributed by atoms with van der Waals surface area (Å²) in [4.78, 5) is 27.0. The van der Waals surface area contributed by atoms with Crippen LogP contribution >= 0.6 is 0 Å². The average Bonchev–Trinajstić information content (AvgIpc) is 2.68. The molecule has 1 atom stereocenters. The summed E-state index contributed by atoms with van der Waals surface area (Å²) < 4.78 is 0. The Balaban J connectivity index is 1.43. The molecule has 26 heavy (non-hydrogen) atoms. The number of aliphatic hydroxyl groups is 1. The first-order valence-corrected chi connectivity index (χ1v) is 9.00. The van der Waals surface area contributed by atoms with Gasteiger partial charge in [0, 0.05) is 51.5 Å². The lowest BCUT2D eigenvalue weighted by molar-refractivity contribution is 0.154.